The van der Waals surface area contributed by atoms with Crippen LogP contribution in [0.5, 0.6) is 0 Å². The van der Waals surface area contributed by atoms with Gasteiger partial charge in [-0.1, -0.05) is 12.1 Å². The molecular weight excluding hydrogens is 284 g/mol. The van der Waals surface area contributed by atoms with Crippen LogP contribution in [0.1, 0.15) is 17.3 Å². The summed E-state index contributed by atoms with van der Waals surface area (Å²) in [7, 11) is 0. The number of nitro benzene ring substituents is 1. The highest BCUT2D eigenvalue weighted by Gasteiger charge is 2.41. The Morgan fingerprint density at radius 2 is 2.10 bits per heavy atom. The van der Waals surface area contributed by atoms with Crippen LogP contribution in [0.3, 0.4) is 0 Å². The number of carboxylic acid groups (broad SMARTS) is 1. The number of carboxylic acids is 1. The van der Waals surface area contributed by atoms with Gasteiger partial charge in [0.05, 0.1) is 10.3 Å². The van der Waals surface area contributed by atoms with Crippen LogP contribution >= 0.6 is 11.8 Å². The molecule has 8 heteroatoms. The van der Waals surface area contributed by atoms with Crippen molar-refractivity contribution < 1.29 is 19.6 Å². The molecule has 0 aliphatic carbocycles. The number of hydrogen-bond donors (Lipinski definition) is 1. The van der Waals surface area contributed by atoms with E-state index in [9.17, 15) is 19.7 Å². The summed E-state index contributed by atoms with van der Waals surface area (Å²) in [5.74, 6) is -1.45. The molecular formula is C12H12N2O5S. The Labute approximate surface area is 118 Å². The number of nitrogens with zero attached hydrogens (tertiary/aromatic N) is 2. The number of nitro groups is 1. The number of rotatable bonds is 3. The van der Waals surface area contributed by atoms with Crippen molar-refractivity contribution in [3.63, 3.8) is 0 Å². The fraction of sp³-hybridized carbons (Fsp3) is 0.333. The maximum absolute atomic E-state index is 12.4. The first-order chi connectivity index (χ1) is 9.43. The second-order valence-electron chi connectivity index (χ2n) is 4.27. The van der Waals surface area contributed by atoms with E-state index in [1.807, 2.05) is 0 Å². The highest BCUT2D eigenvalue weighted by atomic mass is 32.2. The Morgan fingerprint density at radius 1 is 1.45 bits per heavy atom. The van der Waals surface area contributed by atoms with Crippen molar-refractivity contribution in [3.8, 4) is 0 Å². The number of benzene rings is 1. The van der Waals surface area contributed by atoms with Crippen molar-refractivity contribution >= 4 is 29.3 Å². The Balaban J connectivity index is 2.40. The van der Waals surface area contributed by atoms with Crippen molar-refractivity contribution in [2.75, 3.05) is 5.75 Å². The number of para-hydroxylation sites is 1. The predicted octanol–water partition coefficient (Wildman–Crippen LogP) is 1.58. The lowest BCUT2D eigenvalue weighted by Crippen LogP contribution is -2.44. The SMILES string of the molecule is CC1SCC(C(=O)O)N1C(=O)c1ccccc1[N+](=O)[O-]. The molecule has 2 atom stereocenters. The molecule has 1 aromatic carbocycles. The summed E-state index contributed by atoms with van der Waals surface area (Å²) in [6.07, 6.45) is 0. The van der Waals surface area contributed by atoms with Crippen LogP contribution in [0.15, 0.2) is 24.3 Å². The molecule has 1 amide bonds. The lowest BCUT2D eigenvalue weighted by Gasteiger charge is -2.24. The third kappa shape index (κ3) is 2.46. The minimum atomic E-state index is -1.10. The number of carbonyl (C=O) groups excluding carboxylic acids is 1. The van der Waals surface area contributed by atoms with Gasteiger partial charge < -0.3 is 10.0 Å². The highest BCUT2D eigenvalue weighted by molar-refractivity contribution is 8.00. The van der Waals surface area contributed by atoms with E-state index in [1.165, 1.54) is 40.9 Å². The second kappa shape index (κ2) is 5.49. The largest absolute Gasteiger partial charge is 0.480 e. The molecule has 20 heavy (non-hydrogen) atoms. The molecule has 1 aliphatic rings. The zero-order valence-electron chi connectivity index (χ0n) is 10.6. The van der Waals surface area contributed by atoms with Crippen LogP contribution in [-0.2, 0) is 4.79 Å². The van der Waals surface area contributed by atoms with E-state index in [-0.39, 0.29) is 22.4 Å². The fourth-order valence-electron chi connectivity index (χ4n) is 2.09. The van der Waals surface area contributed by atoms with Crippen molar-refractivity contribution in [2.24, 2.45) is 0 Å². The topological polar surface area (TPSA) is 101 Å². The molecule has 1 heterocycles. The summed E-state index contributed by atoms with van der Waals surface area (Å²) in [4.78, 5) is 35.1. The number of amides is 1. The van der Waals surface area contributed by atoms with Crippen LogP contribution in [0.25, 0.3) is 0 Å². The average Bonchev–Trinajstić information content (AvgIpc) is 2.80. The maximum atomic E-state index is 12.4. The van der Waals surface area contributed by atoms with Crippen molar-refractivity contribution in [1.82, 2.24) is 4.90 Å². The second-order valence-corrected chi connectivity index (χ2v) is 5.62. The lowest BCUT2D eigenvalue weighted by molar-refractivity contribution is -0.385. The van der Waals surface area contributed by atoms with Crippen LogP contribution < -0.4 is 0 Å². The van der Waals surface area contributed by atoms with Crippen LogP contribution in [-0.4, -0.2) is 44.0 Å². The predicted molar refractivity (Wildman–Crippen MR) is 72.6 cm³/mol. The maximum Gasteiger partial charge on any atom is 0.327 e. The molecule has 7 nitrogen and oxygen atoms in total. The van der Waals surface area contributed by atoms with E-state index in [1.54, 1.807) is 6.92 Å². The van der Waals surface area contributed by atoms with E-state index < -0.39 is 22.8 Å². The van der Waals surface area contributed by atoms with Gasteiger partial charge >= 0.3 is 5.97 Å². The molecule has 106 valence electrons. The van der Waals surface area contributed by atoms with Crippen molar-refractivity contribution in [2.45, 2.75) is 18.3 Å². The van der Waals surface area contributed by atoms with E-state index in [0.29, 0.717) is 0 Å². The van der Waals surface area contributed by atoms with E-state index in [2.05, 4.69) is 0 Å². The molecule has 1 aliphatic heterocycles. The molecule has 0 saturated carbocycles. The minimum Gasteiger partial charge on any atom is -0.480 e. The first-order valence-corrected chi connectivity index (χ1v) is 6.89. The Morgan fingerprint density at radius 3 is 2.70 bits per heavy atom. The van der Waals surface area contributed by atoms with Gasteiger partial charge in [0.15, 0.2) is 0 Å². The van der Waals surface area contributed by atoms with Gasteiger partial charge in [0.2, 0.25) is 0 Å². The van der Waals surface area contributed by atoms with Gasteiger partial charge in [-0.2, -0.15) is 0 Å². The summed E-state index contributed by atoms with van der Waals surface area (Å²) < 4.78 is 0. The Hall–Kier alpha value is -2.09. The smallest absolute Gasteiger partial charge is 0.327 e. The van der Waals surface area contributed by atoms with E-state index in [0.717, 1.165) is 0 Å². The molecule has 0 aromatic heterocycles. The quantitative estimate of drug-likeness (QED) is 0.671. The molecule has 0 radical (unpaired) electrons. The van der Waals surface area contributed by atoms with Gasteiger partial charge in [0, 0.05) is 11.8 Å². The summed E-state index contributed by atoms with van der Waals surface area (Å²) in [6.45, 7) is 1.71. The summed E-state index contributed by atoms with van der Waals surface area (Å²) in [5.41, 5.74) is -0.399. The number of carbonyl (C=O) groups is 2. The van der Waals surface area contributed by atoms with Gasteiger partial charge in [-0.15, -0.1) is 11.8 Å². The monoisotopic (exact) mass is 296 g/mol. The number of hydrogen-bond acceptors (Lipinski definition) is 5. The lowest BCUT2D eigenvalue weighted by atomic mass is 10.1. The summed E-state index contributed by atoms with van der Waals surface area (Å²) in [6, 6.07) is 4.60. The normalized spacial score (nSPS) is 21.8. The van der Waals surface area contributed by atoms with Gasteiger partial charge in [-0.3, -0.25) is 14.9 Å². The Kier molecular flexibility index (Phi) is 3.93. The molecule has 1 saturated heterocycles. The Bertz CT molecular complexity index is 577. The average molecular weight is 296 g/mol. The third-order valence-corrected chi connectivity index (χ3v) is 4.29. The molecule has 1 aromatic rings. The standard InChI is InChI=1S/C12H12N2O5S/c1-7-13(10(6-20-7)12(16)17)11(15)8-4-2-3-5-9(8)14(18)19/h2-5,7,10H,6H2,1H3,(H,16,17). The minimum absolute atomic E-state index is 0.0851. The molecule has 1 N–H and O–H groups in total. The number of thioether (sulfide) groups is 1. The molecule has 2 unspecified atom stereocenters. The first kappa shape index (κ1) is 14.3. The van der Waals surface area contributed by atoms with Gasteiger partial charge in [-0.25, -0.2) is 4.79 Å². The molecule has 0 bridgehead atoms. The molecule has 1 fully saturated rings. The zero-order chi connectivity index (χ0) is 14.9. The van der Waals surface area contributed by atoms with Crippen molar-refractivity contribution in [1.29, 1.82) is 0 Å². The van der Waals surface area contributed by atoms with Gasteiger partial charge in [-0.05, 0) is 13.0 Å². The van der Waals surface area contributed by atoms with E-state index >= 15 is 0 Å². The van der Waals surface area contributed by atoms with Gasteiger partial charge in [0.25, 0.3) is 11.6 Å². The third-order valence-electron chi connectivity index (χ3n) is 3.07. The van der Waals surface area contributed by atoms with Crippen LogP contribution in [0.2, 0.25) is 0 Å². The first-order valence-electron chi connectivity index (χ1n) is 5.84. The fourth-order valence-corrected chi connectivity index (χ4v) is 3.26. The number of aliphatic carboxylic acids is 1. The summed E-state index contributed by atoms with van der Waals surface area (Å²) in [5, 5.41) is 19.8. The van der Waals surface area contributed by atoms with Crippen LogP contribution in [0, 0.1) is 10.1 Å². The molecule has 2 rings (SSSR count). The summed E-state index contributed by atoms with van der Waals surface area (Å²) >= 11 is 1.33. The highest BCUT2D eigenvalue weighted by Crippen LogP contribution is 2.32. The van der Waals surface area contributed by atoms with Crippen LogP contribution in [0.4, 0.5) is 5.69 Å². The van der Waals surface area contributed by atoms with E-state index in [4.69, 9.17) is 5.11 Å². The zero-order valence-corrected chi connectivity index (χ0v) is 11.4. The van der Waals surface area contributed by atoms with Crippen molar-refractivity contribution in [3.05, 3.63) is 39.9 Å². The molecule has 0 spiro atoms. The van der Waals surface area contributed by atoms with Gasteiger partial charge in [0.1, 0.15) is 11.6 Å².